The van der Waals surface area contributed by atoms with Gasteiger partial charge in [-0.15, -0.1) is 11.8 Å². The summed E-state index contributed by atoms with van der Waals surface area (Å²) in [5.74, 6) is 0.994. The zero-order valence-electron chi connectivity index (χ0n) is 16.0. The molecule has 0 radical (unpaired) electrons. The number of carbonyl (C=O) groups is 2. The van der Waals surface area contributed by atoms with Crippen LogP contribution in [0.3, 0.4) is 0 Å². The predicted octanol–water partition coefficient (Wildman–Crippen LogP) is 2.59. The third kappa shape index (κ3) is 5.53. The minimum Gasteiger partial charge on any atom is -0.402 e. The van der Waals surface area contributed by atoms with Crippen molar-refractivity contribution in [2.75, 3.05) is 42.6 Å². The van der Waals surface area contributed by atoms with Gasteiger partial charge in [-0.05, 0) is 38.8 Å². The van der Waals surface area contributed by atoms with Gasteiger partial charge in [0.2, 0.25) is 5.91 Å². The maximum atomic E-state index is 12.5. The first-order valence-corrected chi connectivity index (χ1v) is 10.2. The molecule has 2 N–H and O–H groups in total. The Labute approximate surface area is 160 Å². The Bertz CT molecular complexity index is 683. The van der Waals surface area contributed by atoms with Crippen LogP contribution in [-0.4, -0.2) is 54.3 Å². The number of aryl methyl sites for hydroxylation is 1. The molecule has 142 valence electrons. The minimum absolute atomic E-state index is 0.0198. The number of thioether (sulfide) groups is 1. The standard InChI is InChI=1S/C20H29N3O2S/c1-15-7-4-5-8-19(15)22-9-6-10-23(12-11-22)20(25)14-26-13-18(16(2)21)17(3)24/h4-5,7-8H,6,9-14,21H2,1-3H3. The molecule has 2 rings (SSSR count). The molecule has 0 atom stereocenters. The van der Waals surface area contributed by atoms with Crippen molar-refractivity contribution in [3.05, 3.63) is 41.1 Å². The van der Waals surface area contributed by atoms with Gasteiger partial charge in [0.05, 0.1) is 5.75 Å². The van der Waals surface area contributed by atoms with Crippen molar-refractivity contribution >= 4 is 29.1 Å². The highest BCUT2D eigenvalue weighted by molar-refractivity contribution is 8.00. The van der Waals surface area contributed by atoms with Crippen LogP contribution in [0.2, 0.25) is 0 Å². The fourth-order valence-electron chi connectivity index (χ4n) is 3.15. The lowest BCUT2D eigenvalue weighted by atomic mass is 10.2. The van der Waals surface area contributed by atoms with E-state index in [-0.39, 0.29) is 11.7 Å². The van der Waals surface area contributed by atoms with Gasteiger partial charge in [0, 0.05) is 48.9 Å². The Kier molecular flexibility index (Phi) is 7.57. The van der Waals surface area contributed by atoms with Gasteiger partial charge in [-0.25, -0.2) is 0 Å². The first-order valence-electron chi connectivity index (χ1n) is 9.02. The number of para-hydroxylation sites is 1. The number of nitrogens with zero attached hydrogens (tertiary/aromatic N) is 2. The summed E-state index contributed by atoms with van der Waals surface area (Å²) in [4.78, 5) is 28.4. The summed E-state index contributed by atoms with van der Waals surface area (Å²) in [6.45, 7) is 8.70. The van der Waals surface area contributed by atoms with Crippen molar-refractivity contribution in [1.29, 1.82) is 0 Å². The fourth-order valence-corrected chi connectivity index (χ4v) is 4.25. The highest BCUT2D eigenvalue weighted by Crippen LogP contribution is 2.21. The lowest BCUT2D eigenvalue weighted by Crippen LogP contribution is -2.36. The zero-order valence-corrected chi connectivity index (χ0v) is 16.8. The monoisotopic (exact) mass is 375 g/mol. The van der Waals surface area contributed by atoms with Crippen molar-refractivity contribution in [1.82, 2.24) is 4.90 Å². The molecule has 1 aromatic carbocycles. The van der Waals surface area contributed by atoms with Crippen molar-refractivity contribution in [3.63, 3.8) is 0 Å². The molecule has 1 saturated heterocycles. The molecule has 26 heavy (non-hydrogen) atoms. The number of rotatable bonds is 6. The lowest BCUT2D eigenvalue weighted by molar-refractivity contribution is -0.128. The molecule has 0 aliphatic carbocycles. The number of ketones is 1. The van der Waals surface area contributed by atoms with Crippen molar-refractivity contribution in [3.8, 4) is 0 Å². The summed E-state index contributed by atoms with van der Waals surface area (Å²) in [7, 11) is 0. The Morgan fingerprint density at radius 3 is 2.46 bits per heavy atom. The van der Waals surface area contributed by atoms with E-state index >= 15 is 0 Å². The average molecular weight is 376 g/mol. The van der Waals surface area contributed by atoms with Crippen LogP contribution in [0.4, 0.5) is 5.69 Å². The number of carbonyl (C=O) groups excluding carboxylic acids is 2. The van der Waals surface area contributed by atoms with E-state index < -0.39 is 0 Å². The molecule has 1 aliphatic rings. The molecule has 1 amide bonds. The van der Waals surface area contributed by atoms with Crippen molar-refractivity contribution < 1.29 is 9.59 Å². The molecule has 5 nitrogen and oxygen atoms in total. The van der Waals surface area contributed by atoms with Crippen LogP contribution in [-0.2, 0) is 9.59 Å². The van der Waals surface area contributed by atoms with E-state index in [9.17, 15) is 9.59 Å². The van der Waals surface area contributed by atoms with Crippen molar-refractivity contribution in [2.45, 2.75) is 27.2 Å². The van der Waals surface area contributed by atoms with Crippen molar-refractivity contribution in [2.24, 2.45) is 5.73 Å². The fraction of sp³-hybridized carbons (Fsp3) is 0.500. The number of hydrogen-bond acceptors (Lipinski definition) is 5. The molecule has 1 aromatic rings. The van der Waals surface area contributed by atoms with Crippen LogP contribution < -0.4 is 10.6 Å². The molecule has 1 aliphatic heterocycles. The summed E-state index contributed by atoms with van der Waals surface area (Å²) < 4.78 is 0. The molecule has 0 aromatic heterocycles. The van der Waals surface area contributed by atoms with Gasteiger partial charge in [0.15, 0.2) is 5.78 Å². The van der Waals surface area contributed by atoms with Gasteiger partial charge in [-0.1, -0.05) is 18.2 Å². The summed E-state index contributed by atoms with van der Waals surface area (Å²) in [6.07, 6.45) is 0.964. The van der Waals surface area contributed by atoms with Gasteiger partial charge in [0.25, 0.3) is 0 Å². The second-order valence-corrected chi connectivity index (χ2v) is 7.70. The number of nitrogens with two attached hydrogens (primary N) is 1. The zero-order chi connectivity index (χ0) is 19.1. The Balaban J connectivity index is 1.87. The predicted molar refractivity (Wildman–Crippen MR) is 109 cm³/mol. The van der Waals surface area contributed by atoms with E-state index in [1.54, 1.807) is 6.92 Å². The molecule has 0 bridgehead atoms. The molecule has 1 heterocycles. The summed E-state index contributed by atoms with van der Waals surface area (Å²) in [5.41, 5.74) is 9.43. The molecular formula is C20H29N3O2S. The molecule has 1 fully saturated rings. The molecule has 0 unspecified atom stereocenters. The molecule has 0 spiro atoms. The summed E-state index contributed by atoms with van der Waals surface area (Å²) in [6, 6.07) is 8.38. The van der Waals surface area contributed by atoms with E-state index in [1.807, 2.05) is 4.90 Å². The van der Waals surface area contributed by atoms with Gasteiger partial charge in [-0.2, -0.15) is 0 Å². The maximum Gasteiger partial charge on any atom is 0.232 e. The molecular weight excluding hydrogens is 346 g/mol. The average Bonchev–Trinajstić information content (AvgIpc) is 2.84. The normalized spacial score (nSPS) is 16.1. The Morgan fingerprint density at radius 1 is 1.08 bits per heavy atom. The van der Waals surface area contributed by atoms with Crippen LogP contribution in [0.15, 0.2) is 35.5 Å². The summed E-state index contributed by atoms with van der Waals surface area (Å²) >= 11 is 1.46. The maximum absolute atomic E-state index is 12.5. The van der Waals surface area contributed by atoms with E-state index in [2.05, 4.69) is 36.1 Å². The summed E-state index contributed by atoms with van der Waals surface area (Å²) in [5, 5.41) is 0. The smallest absolute Gasteiger partial charge is 0.232 e. The van der Waals surface area contributed by atoms with Gasteiger partial charge in [-0.3, -0.25) is 9.59 Å². The molecule has 0 saturated carbocycles. The highest BCUT2D eigenvalue weighted by atomic mass is 32.2. The quantitative estimate of drug-likeness (QED) is 0.774. The topological polar surface area (TPSA) is 66.6 Å². The minimum atomic E-state index is -0.0198. The number of Topliss-reactive ketones (excluding diaryl/α,β-unsaturated/α-hetero) is 1. The van der Waals surface area contributed by atoms with Gasteiger partial charge < -0.3 is 15.5 Å². The van der Waals surface area contributed by atoms with Gasteiger partial charge in [0.1, 0.15) is 0 Å². The van der Waals surface area contributed by atoms with Crippen LogP contribution in [0.25, 0.3) is 0 Å². The van der Waals surface area contributed by atoms with Gasteiger partial charge >= 0.3 is 0 Å². The number of benzene rings is 1. The first-order chi connectivity index (χ1) is 12.4. The van der Waals surface area contributed by atoms with E-state index in [4.69, 9.17) is 5.73 Å². The van der Waals surface area contributed by atoms with Crippen LogP contribution in [0.5, 0.6) is 0 Å². The second kappa shape index (κ2) is 9.67. The SMILES string of the molecule is CC(=O)C(CSCC(=O)N1CCCN(c2ccccc2C)CC1)=C(C)N. The molecule has 6 heteroatoms. The number of anilines is 1. The Morgan fingerprint density at radius 2 is 1.81 bits per heavy atom. The number of allylic oxidation sites excluding steroid dienone is 1. The largest absolute Gasteiger partial charge is 0.402 e. The lowest BCUT2D eigenvalue weighted by Gasteiger charge is -2.25. The van der Waals surface area contributed by atoms with Crippen LogP contribution in [0.1, 0.15) is 25.8 Å². The number of amides is 1. The third-order valence-corrected chi connectivity index (χ3v) is 5.62. The Hall–Kier alpha value is -1.95. The van der Waals surface area contributed by atoms with E-state index in [1.165, 1.54) is 29.9 Å². The van der Waals surface area contributed by atoms with Crippen LogP contribution in [0, 0.1) is 6.92 Å². The van der Waals surface area contributed by atoms with E-state index in [0.717, 1.165) is 32.6 Å². The van der Waals surface area contributed by atoms with E-state index in [0.29, 0.717) is 22.8 Å². The number of hydrogen-bond donors (Lipinski definition) is 1. The first kappa shape index (κ1) is 20.4. The second-order valence-electron chi connectivity index (χ2n) is 6.72. The van der Waals surface area contributed by atoms with Crippen LogP contribution >= 0.6 is 11.8 Å². The highest BCUT2D eigenvalue weighted by Gasteiger charge is 2.20. The third-order valence-electron chi connectivity index (χ3n) is 4.68.